The van der Waals surface area contributed by atoms with Crippen LogP contribution in [-0.4, -0.2) is 13.1 Å². The molecular formula is C20H18FNO2. The number of fused-ring (bicyclic) bond motifs is 1. The smallest absolute Gasteiger partial charge is 0.313 e. The lowest BCUT2D eigenvalue weighted by atomic mass is 9.85. The molecule has 2 aromatic rings. The molecule has 2 unspecified atom stereocenters. The van der Waals surface area contributed by atoms with Crippen LogP contribution in [0, 0.1) is 17.1 Å². The Hall–Kier alpha value is -2.67. The van der Waals surface area contributed by atoms with Crippen molar-refractivity contribution in [1.29, 1.82) is 5.26 Å². The van der Waals surface area contributed by atoms with Gasteiger partial charge in [0.2, 0.25) is 0 Å². The number of nitriles is 1. The summed E-state index contributed by atoms with van der Waals surface area (Å²) < 4.78 is 18.9. The van der Waals surface area contributed by atoms with Crippen LogP contribution in [0.3, 0.4) is 0 Å². The Balaban J connectivity index is 1.91. The average molecular weight is 323 g/mol. The van der Waals surface area contributed by atoms with Gasteiger partial charge in [0.05, 0.1) is 24.7 Å². The largest absolute Gasteiger partial charge is 0.469 e. The van der Waals surface area contributed by atoms with Gasteiger partial charge >= 0.3 is 5.97 Å². The fourth-order valence-corrected chi connectivity index (χ4v) is 3.56. The molecule has 0 aliphatic heterocycles. The van der Waals surface area contributed by atoms with Crippen molar-refractivity contribution in [3.05, 3.63) is 70.5 Å². The quantitative estimate of drug-likeness (QED) is 0.797. The van der Waals surface area contributed by atoms with Gasteiger partial charge < -0.3 is 4.74 Å². The zero-order valence-electron chi connectivity index (χ0n) is 13.5. The molecule has 0 aromatic heterocycles. The first-order chi connectivity index (χ1) is 11.6. The summed E-state index contributed by atoms with van der Waals surface area (Å²) in [4.78, 5) is 12.3. The third-order valence-corrected chi connectivity index (χ3v) is 4.76. The topological polar surface area (TPSA) is 50.1 Å². The van der Waals surface area contributed by atoms with Gasteiger partial charge in [-0.3, -0.25) is 4.79 Å². The second kappa shape index (κ2) is 6.84. The number of benzene rings is 2. The summed E-state index contributed by atoms with van der Waals surface area (Å²) in [6, 6.07) is 14.3. The van der Waals surface area contributed by atoms with Gasteiger partial charge in [-0.25, -0.2) is 4.39 Å². The molecular weight excluding hydrogens is 305 g/mol. The summed E-state index contributed by atoms with van der Waals surface area (Å²) in [7, 11) is 1.37. The number of carbonyl (C=O) groups excluding carboxylic acids is 1. The second-order valence-corrected chi connectivity index (χ2v) is 6.09. The van der Waals surface area contributed by atoms with E-state index in [1.165, 1.54) is 13.2 Å². The fourth-order valence-electron chi connectivity index (χ4n) is 3.56. The van der Waals surface area contributed by atoms with Crippen LogP contribution in [-0.2, 0) is 16.0 Å². The molecule has 3 rings (SSSR count). The van der Waals surface area contributed by atoms with E-state index < -0.39 is 5.92 Å². The van der Waals surface area contributed by atoms with Crippen LogP contribution in [0.25, 0.3) is 0 Å². The molecule has 0 amide bonds. The average Bonchev–Trinajstić information content (AvgIpc) is 3.03. The second-order valence-electron chi connectivity index (χ2n) is 6.09. The van der Waals surface area contributed by atoms with Crippen molar-refractivity contribution in [3.8, 4) is 6.07 Å². The maximum atomic E-state index is 13.9. The van der Waals surface area contributed by atoms with Crippen LogP contribution >= 0.6 is 0 Å². The lowest BCUT2D eigenvalue weighted by Crippen LogP contribution is -2.17. The summed E-state index contributed by atoms with van der Waals surface area (Å²) in [5.41, 5.74) is 3.03. The predicted octanol–water partition coefficient (Wildman–Crippen LogP) is 4.07. The normalized spacial score (nSPS) is 17.0. The highest BCUT2D eigenvalue weighted by Gasteiger charge is 2.31. The van der Waals surface area contributed by atoms with E-state index in [0.717, 1.165) is 23.1 Å². The summed E-state index contributed by atoms with van der Waals surface area (Å²) in [6.45, 7) is 0. The molecule has 0 N–H and O–H groups in total. The van der Waals surface area contributed by atoms with E-state index in [1.54, 1.807) is 24.3 Å². The molecule has 0 fully saturated rings. The number of halogens is 1. The van der Waals surface area contributed by atoms with E-state index >= 15 is 0 Å². The zero-order chi connectivity index (χ0) is 17.1. The van der Waals surface area contributed by atoms with Crippen LogP contribution in [0.15, 0.2) is 42.5 Å². The van der Waals surface area contributed by atoms with Gasteiger partial charge in [0.15, 0.2) is 0 Å². The van der Waals surface area contributed by atoms with Crippen molar-refractivity contribution >= 4 is 5.97 Å². The predicted molar refractivity (Wildman–Crippen MR) is 88.0 cm³/mol. The van der Waals surface area contributed by atoms with Gasteiger partial charge in [-0.05, 0) is 60.1 Å². The molecule has 0 saturated carbocycles. The van der Waals surface area contributed by atoms with Gasteiger partial charge in [0, 0.05) is 0 Å². The number of carbonyl (C=O) groups is 1. The zero-order valence-corrected chi connectivity index (χ0v) is 13.5. The summed E-state index contributed by atoms with van der Waals surface area (Å²) >= 11 is 0. The Kier molecular flexibility index (Phi) is 4.61. The van der Waals surface area contributed by atoms with Crippen molar-refractivity contribution < 1.29 is 13.9 Å². The number of hydrogen-bond donors (Lipinski definition) is 0. The van der Waals surface area contributed by atoms with Crippen LogP contribution in [0.1, 0.15) is 46.9 Å². The van der Waals surface area contributed by atoms with E-state index in [4.69, 9.17) is 10.00 Å². The molecule has 0 heterocycles. The lowest BCUT2D eigenvalue weighted by molar-refractivity contribution is -0.142. The number of rotatable bonds is 4. The molecule has 2 atom stereocenters. The first-order valence-electron chi connectivity index (χ1n) is 7.99. The van der Waals surface area contributed by atoms with Crippen LogP contribution in [0.2, 0.25) is 0 Å². The van der Waals surface area contributed by atoms with Crippen LogP contribution in [0.5, 0.6) is 0 Å². The number of ether oxygens (including phenoxy) is 1. The van der Waals surface area contributed by atoms with E-state index in [1.807, 2.05) is 12.1 Å². The lowest BCUT2D eigenvalue weighted by Gasteiger charge is -2.20. The molecule has 1 aliphatic rings. The van der Waals surface area contributed by atoms with Gasteiger partial charge in [-0.1, -0.05) is 24.3 Å². The van der Waals surface area contributed by atoms with Crippen LogP contribution in [0.4, 0.5) is 4.39 Å². The van der Waals surface area contributed by atoms with E-state index in [9.17, 15) is 9.18 Å². The number of hydrogen-bond acceptors (Lipinski definition) is 3. The van der Waals surface area contributed by atoms with E-state index in [-0.39, 0.29) is 17.7 Å². The first kappa shape index (κ1) is 16.2. The summed E-state index contributed by atoms with van der Waals surface area (Å²) in [6.07, 6.45) is 2.07. The maximum Gasteiger partial charge on any atom is 0.313 e. The van der Waals surface area contributed by atoms with Crippen molar-refractivity contribution in [1.82, 2.24) is 0 Å². The van der Waals surface area contributed by atoms with Gasteiger partial charge in [0.25, 0.3) is 0 Å². The Bertz CT molecular complexity index is 810. The fraction of sp³-hybridized carbons (Fsp3) is 0.300. The van der Waals surface area contributed by atoms with Gasteiger partial charge in [-0.2, -0.15) is 5.26 Å². The maximum absolute atomic E-state index is 13.9. The van der Waals surface area contributed by atoms with Gasteiger partial charge in [-0.15, -0.1) is 0 Å². The molecule has 1 aliphatic carbocycles. The highest BCUT2D eigenvalue weighted by atomic mass is 19.1. The van der Waals surface area contributed by atoms with Crippen molar-refractivity contribution in [2.45, 2.75) is 31.1 Å². The number of esters is 1. The van der Waals surface area contributed by atoms with E-state index in [0.29, 0.717) is 18.4 Å². The molecule has 0 spiro atoms. The van der Waals surface area contributed by atoms with Crippen LogP contribution < -0.4 is 0 Å². The first-order valence-corrected chi connectivity index (χ1v) is 7.99. The minimum Gasteiger partial charge on any atom is -0.469 e. The standard InChI is InChI=1S/C20H18FNO2/c1-24-20(23)18(14-5-2-4-13(10-14)12-22)11-15-8-9-17-16(15)6-3-7-19(17)21/h2-7,10,15,18H,8-9,11H2,1H3. The molecule has 3 nitrogen and oxygen atoms in total. The summed E-state index contributed by atoms with van der Waals surface area (Å²) in [5.74, 6) is -0.834. The molecule has 122 valence electrons. The Morgan fingerprint density at radius 1 is 1.38 bits per heavy atom. The van der Waals surface area contributed by atoms with Crippen molar-refractivity contribution in [2.24, 2.45) is 0 Å². The molecule has 0 radical (unpaired) electrons. The van der Waals surface area contributed by atoms with E-state index in [2.05, 4.69) is 6.07 Å². The monoisotopic (exact) mass is 323 g/mol. The minimum atomic E-state index is -0.456. The SMILES string of the molecule is COC(=O)C(CC1CCc2c(F)cccc21)c1cccc(C#N)c1. The summed E-state index contributed by atoms with van der Waals surface area (Å²) in [5, 5.41) is 9.08. The number of methoxy groups -OCH3 is 1. The molecule has 24 heavy (non-hydrogen) atoms. The Labute approximate surface area is 140 Å². The highest BCUT2D eigenvalue weighted by molar-refractivity contribution is 5.78. The van der Waals surface area contributed by atoms with Gasteiger partial charge in [0.1, 0.15) is 5.82 Å². The molecule has 4 heteroatoms. The molecule has 2 aromatic carbocycles. The molecule has 0 saturated heterocycles. The Morgan fingerprint density at radius 3 is 2.92 bits per heavy atom. The van der Waals surface area contributed by atoms with Crippen molar-refractivity contribution in [2.75, 3.05) is 7.11 Å². The van der Waals surface area contributed by atoms with Crippen molar-refractivity contribution in [3.63, 3.8) is 0 Å². The third kappa shape index (κ3) is 3.03. The molecule has 0 bridgehead atoms. The minimum absolute atomic E-state index is 0.116. The number of nitrogens with zero attached hydrogens (tertiary/aromatic N) is 1. The highest BCUT2D eigenvalue weighted by Crippen LogP contribution is 2.41. The Morgan fingerprint density at radius 2 is 2.17 bits per heavy atom. The third-order valence-electron chi connectivity index (χ3n) is 4.76.